The van der Waals surface area contributed by atoms with Gasteiger partial charge in [-0.15, -0.1) is 0 Å². The highest BCUT2D eigenvalue weighted by Crippen LogP contribution is 2.27. The van der Waals surface area contributed by atoms with Crippen LogP contribution in [0.1, 0.15) is 16.7 Å². The van der Waals surface area contributed by atoms with Crippen LogP contribution in [0.5, 0.6) is 5.75 Å². The van der Waals surface area contributed by atoms with Crippen LogP contribution < -0.4 is 10.1 Å². The van der Waals surface area contributed by atoms with Gasteiger partial charge in [0.15, 0.2) is 0 Å². The lowest BCUT2D eigenvalue weighted by atomic mass is 10.1. The van der Waals surface area contributed by atoms with Gasteiger partial charge < -0.3 is 10.1 Å². The summed E-state index contributed by atoms with van der Waals surface area (Å²) < 4.78 is 5.28. The van der Waals surface area contributed by atoms with E-state index >= 15 is 0 Å². The van der Waals surface area contributed by atoms with Crippen LogP contribution in [0.4, 0.5) is 5.69 Å². The monoisotopic (exact) mass is 377 g/mol. The maximum Gasteiger partial charge on any atom is 0.234 e. The highest BCUT2D eigenvalue weighted by Gasteiger charge is 2.12. The summed E-state index contributed by atoms with van der Waals surface area (Å²) in [6.45, 7) is 3.95. The van der Waals surface area contributed by atoms with E-state index in [4.69, 9.17) is 4.74 Å². The standard InChI is InChI=1S/C21H19N3O2S/c1-13-4-6-17-15(8-13)10-16(11-22)21(24-17)27-12-20(25)23-18-9-14(2)5-7-19(18)26-3/h4-10H,12H2,1-3H3,(H,23,25). The summed E-state index contributed by atoms with van der Waals surface area (Å²) in [4.78, 5) is 16.9. The second-order valence-corrected chi connectivity index (χ2v) is 7.15. The minimum Gasteiger partial charge on any atom is -0.495 e. The summed E-state index contributed by atoms with van der Waals surface area (Å²) in [5.74, 6) is 0.574. The third-order valence-corrected chi connectivity index (χ3v) is 5.02. The molecule has 3 rings (SSSR count). The number of hydrogen-bond acceptors (Lipinski definition) is 5. The molecule has 0 aliphatic rings. The number of aromatic nitrogens is 1. The summed E-state index contributed by atoms with van der Waals surface area (Å²) >= 11 is 1.25. The van der Waals surface area contributed by atoms with Gasteiger partial charge in [0.05, 0.1) is 29.6 Å². The van der Waals surface area contributed by atoms with Gasteiger partial charge in [-0.2, -0.15) is 5.26 Å². The average molecular weight is 377 g/mol. The molecule has 0 saturated carbocycles. The molecule has 1 N–H and O–H groups in total. The van der Waals surface area contributed by atoms with Crippen LogP contribution in [0.2, 0.25) is 0 Å². The van der Waals surface area contributed by atoms with Crippen LogP contribution in [-0.2, 0) is 4.79 Å². The summed E-state index contributed by atoms with van der Waals surface area (Å²) in [7, 11) is 1.56. The number of ether oxygens (including phenoxy) is 1. The van der Waals surface area contributed by atoms with Crippen molar-refractivity contribution >= 4 is 34.3 Å². The van der Waals surface area contributed by atoms with Crippen molar-refractivity contribution in [2.24, 2.45) is 0 Å². The fourth-order valence-electron chi connectivity index (χ4n) is 2.71. The van der Waals surface area contributed by atoms with Gasteiger partial charge in [0.2, 0.25) is 5.91 Å². The van der Waals surface area contributed by atoms with E-state index in [-0.39, 0.29) is 11.7 Å². The molecule has 0 fully saturated rings. The first kappa shape index (κ1) is 18.7. The van der Waals surface area contributed by atoms with Gasteiger partial charge in [-0.05, 0) is 49.7 Å². The number of nitriles is 1. The van der Waals surface area contributed by atoms with E-state index in [1.54, 1.807) is 7.11 Å². The first-order valence-electron chi connectivity index (χ1n) is 8.39. The summed E-state index contributed by atoms with van der Waals surface area (Å²) in [5, 5.41) is 13.8. The summed E-state index contributed by atoms with van der Waals surface area (Å²) in [6.07, 6.45) is 0. The first-order valence-corrected chi connectivity index (χ1v) is 9.37. The molecule has 3 aromatic rings. The van der Waals surface area contributed by atoms with Crippen LogP contribution in [0.25, 0.3) is 10.9 Å². The number of amides is 1. The molecule has 0 unspecified atom stereocenters. The molecule has 5 nitrogen and oxygen atoms in total. The third-order valence-electron chi connectivity index (χ3n) is 4.02. The van der Waals surface area contributed by atoms with Gasteiger partial charge in [-0.1, -0.05) is 29.5 Å². The molecule has 0 atom stereocenters. The Morgan fingerprint density at radius 1 is 1.19 bits per heavy atom. The van der Waals surface area contributed by atoms with Crippen molar-refractivity contribution in [2.45, 2.75) is 18.9 Å². The van der Waals surface area contributed by atoms with Gasteiger partial charge in [0.25, 0.3) is 0 Å². The van der Waals surface area contributed by atoms with E-state index in [1.807, 2.05) is 56.3 Å². The van der Waals surface area contributed by atoms with E-state index < -0.39 is 0 Å². The number of nitrogens with one attached hydrogen (secondary N) is 1. The molecule has 6 heteroatoms. The molecule has 2 aromatic carbocycles. The normalized spacial score (nSPS) is 10.4. The molecule has 0 spiro atoms. The SMILES string of the molecule is COc1ccc(C)cc1NC(=O)CSc1nc2ccc(C)cc2cc1C#N. The Morgan fingerprint density at radius 3 is 2.67 bits per heavy atom. The predicted molar refractivity (Wildman–Crippen MR) is 108 cm³/mol. The fraction of sp³-hybridized carbons (Fsp3) is 0.190. The molecular formula is C21H19N3O2S. The predicted octanol–water partition coefficient (Wildman–Crippen LogP) is 4.46. The second-order valence-electron chi connectivity index (χ2n) is 6.19. The number of benzene rings is 2. The molecule has 0 saturated heterocycles. The van der Waals surface area contributed by atoms with Crippen molar-refractivity contribution < 1.29 is 9.53 Å². The van der Waals surface area contributed by atoms with Crippen LogP contribution in [0, 0.1) is 25.2 Å². The Kier molecular flexibility index (Phi) is 5.63. The van der Waals surface area contributed by atoms with Crippen molar-refractivity contribution in [3.05, 3.63) is 59.2 Å². The molecule has 0 radical (unpaired) electrons. The van der Waals surface area contributed by atoms with E-state index in [2.05, 4.69) is 16.4 Å². The zero-order valence-electron chi connectivity index (χ0n) is 15.4. The highest BCUT2D eigenvalue weighted by molar-refractivity contribution is 8.00. The van der Waals surface area contributed by atoms with Crippen molar-refractivity contribution in [2.75, 3.05) is 18.2 Å². The number of carbonyl (C=O) groups excluding carboxylic acids is 1. The molecular weight excluding hydrogens is 358 g/mol. The number of rotatable bonds is 5. The Labute approximate surface area is 162 Å². The molecule has 136 valence electrons. The van der Waals surface area contributed by atoms with E-state index in [0.717, 1.165) is 22.0 Å². The molecule has 1 amide bonds. The van der Waals surface area contributed by atoms with E-state index in [9.17, 15) is 10.1 Å². The van der Waals surface area contributed by atoms with Gasteiger partial charge in [-0.25, -0.2) is 4.98 Å². The Morgan fingerprint density at radius 2 is 1.93 bits per heavy atom. The topological polar surface area (TPSA) is 75.0 Å². The van der Waals surface area contributed by atoms with Crippen LogP contribution >= 0.6 is 11.8 Å². The molecule has 1 heterocycles. The Bertz CT molecular complexity index is 1060. The van der Waals surface area contributed by atoms with Crippen LogP contribution in [-0.4, -0.2) is 23.8 Å². The zero-order valence-corrected chi connectivity index (χ0v) is 16.2. The number of pyridine rings is 1. The minimum absolute atomic E-state index is 0.149. The van der Waals surface area contributed by atoms with Crippen molar-refractivity contribution in [3.8, 4) is 11.8 Å². The van der Waals surface area contributed by atoms with Gasteiger partial charge in [0, 0.05) is 5.39 Å². The number of hydrogen-bond donors (Lipinski definition) is 1. The maximum absolute atomic E-state index is 12.4. The average Bonchev–Trinajstić information content (AvgIpc) is 2.65. The first-order chi connectivity index (χ1) is 13.0. The second kappa shape index (κ2) is 8.11. The zero-order chi connectivity index (χ0) is 19.4. The number of aryl methyl sites for hydroxylation is 2. The lowest BCUT2D eigenvalue weighted by Gasteiger charge is -2.11. The minimum atomic E-state index is -0.182. The molecule has 0 aliphatic heterocycles. The van der Waals surface area contributed by atoms with Gasteiger partial charge >= 0.3 is 0 Å². The molecule has 0 bridgehead atoms. The lowest BCUT2D eigenvalue weighted by molar-refractivity contribution is -0.113. The molecule has 0 aliphatic carbocycles. The highest BCUT2D eigenvalue weighted by atomic mass is 32.2. The van der Waals surface area contributed by atoms with Gasteiger partial charge in [-0.3, -0.25) is 4.79 Å². The smallest absolute Gasteiger partial charge is 0.234 e. The number of carbonyl (C=O) groups is 1. The lowest BCUT2D eigenvalue weighted by Crippen LogP contribution is -2.15. The van der Waals surface area contributed by atoms with Crippen molar-refractivity contribution in [3.63, 3.8) is 0 Å². The van der Waals surface area contributed by atoms with E-state index in [1.165, 1.54) is 11.8 Å². The van der Waals surface area contributed by atoms with Gasteiger partial charge in [0.1, 0.15) is 16.8 Å². The van der Waals surface area contributed by atoms with Crippen LogP contribution in [0.3, 0.4) is 0 Å². The summed E-state index contributed by atoms with van der Waals surface area (Å²) in [5.41, 5.74) is 4.05. The maximum atomic E-state index is 12.4. The van der Waals surface area contributed by atoms with E-state index in [0.29, 0.717) is 22.0 Å². The third kappa shape index (κ3) is 4.39. The summed E-state index contributed by atoms with van der Waals surface area (Å²) in [6, 6.07) is 15.5. The Balaban J connectivity index is 1.76. The molecule has 27 heavy (non-hydrogen) atoms. The fourth-order valence-corrected chi connectivity index (χ4v) is 3.47. The largest absolute Gasteiger partial charge is 0.495 e. The molecule has 1 aromatic heterocycles. The van der Waals surface area contributed by atoms with Crippen molar-refractivity contribution in [1.29, 1.82) is 5.26 Å². The number of nitrogens with zero attached hydrogens (tertiary/aromatic N) is 2. The number of thioether (sulfide) groups is 1. The van der Waals surface area contributed by atoms with Crippen LogP contribution in [0.15, 0.2) is 47.5 Å². The quantitative estimate of drug-likeness (QED) is 0.664. The number of methoxy groups -OCH3 is 1. The van der Waals surface area contributed by atoms with Crippen molar-refractivity contribution in [1.82, 2.24) is 4.98 Å². The number of fused-ring (bicyclic) bond motifs is 1. The number of anilines is 1. The Hall–Kier alpha value is -3.04.